The summed E-state index contributed by atoms with van der Waals surface area (Å²) in [4.78, 5) is 10.4. The van der Waals surface area contributed by atoms with Crippen molar-refractivity contribution in [1.29, 1.82) is 0 Å². The van der Waals surface area contributed by atoms with Gasteiger partial charge in [0.05, 0.1) is 0 Å². The molecule has 0 amide bonds. The van der Waals surface area contributed by atoms with Gasteiger partial charge in [-0.05, 0) is 12.8 Å². The predicted octanol–water partition coefficient (Wildman–Crippen LogP) is 6.58. The van der Waals surface area contributed by atoms with E-state index in [-0.39, 0.29) is 0 Å². The maximum Gasteiger partial charge on any atom is 0.500 e. The molecule has 0 heterocycles. The second-order valence-electron chi connectivity index (χ2n) is 7.85. The highest BCUT2D eigenvalue weighted by Gasteiger charge is 2.36. The number of hydrogen-bond donors (Lipinski definition) is 1. The summed E-state index contributed by atoms with van der Waals surface area (Å²) in [5, 5.41) is 8.58. The molecule has 0 saturated heterocycles. The highest BCUT2D eigenvalue weighted by atomic mass is 28.4. The fourth-order valence-electron chi connectivity index (χ4n) is 3.65. The third-order valence-corrected chi connectivity index (χ3v) is 8.39. The summed E-state index contributed by atoms with van der Waals surface area (Å²) < 4.78 is 16.3. The van der Waals surface area contributed by atoms with Crippen molar-refractivity contribution >= 4 is 14.8 Å². The fraction of sp³-hybridized carbons (Fsp3) is 0.955. The number of hydrogen-bond acceptors (Lipinski definition) is 4. The zero-order chi connectivity index (χ0) is 20.9. The molecule has 0 aliphatic rings. The van der Waals surface area contributed by atoms with Crippen molar-refractivity contribution in [1.82, 2.24) is 0 Å². The van der Waals surface area contributed by atoms with E-state index in [2.05, 4.69) is 0 Å². The summed E-state index contributed by atoms with van der Waals surface area (Å²) in [6.45, 7) is 0. The minimum Gasteiger partial charge on any atom is -0.481 e. The monoisotopic (exact) mass is 418 g/mol. The third-order valence-electron chi connectivity index (χ3n) is 5.56. The van der Waals surface area contributed by atoms with E-state index < -0.39 is 14.8 Å². The topological polar surface area (TPSA) is 65.0 Å². The Morgan fingerprint density at radius 2 is 0.857 bits per heavy atom. The van der Waals surface area contributed by atoms with Gasteiger partial charge in [0, 0.05) is 33.8 Å². The van der Waals surface area contributed by atoms with Gasteiger partial charge in [-0.3, -0.25) is 4.79 Å². The van der Waals surface area contributed by atoms with Crippen molar-refractivity contribution in [2.75, 3.05) is 21.3 Å². The quantitative estimate of drug-likeness (QED) is 0.159. The van der Waals surface area contributed by atoms with Crippen LogP contribution >= 0.6 is 0 Å². The molecule has 0 spiro atoms. The molecule has 0 rings (SSSR count). The summed E-state index contributed by atoms with van der Waals surface area (Å²) in [5.41, 5.74) is 0. The molecule has 0 aromatic rings. The number of aliphatic carboxylic acids is 1. The molecule has 5 nitrogen and oxygen atoms in total. The van der Waals surface area contributed by atoms with E-state index in [0.717, 1.165) is 25.3 Å². The predicted molar refractivity (Wildman–Crippen MR) is 118 cm³/mol. The first-order valence-corrected chi connectivity index (χ1v) is 13.4. The van der Waals surface area contributed by atoms with Crippen LogP contribution in [0.25, 0.3) is 0 Å². The SMILES string of the molecule is CO[Si](CCCCCCCCCCCCCCCCCCC(=O)O)(OC)OC. The first-order chi connectivity index (χ1) is 13.6. The van der Waals surface area contributed by atoms with Crippen LogP contribution in [0.1, 0.15) is 109 Å². The van der Waals surface area contributed by atoms with Crippen LogP contribution in [0.15, 0.2) is 0 Å². The van der Waals surface area contributed by atoms with Crippen LogP contribution in [-0.4, -0.2) is 41.2 Å². The second-order valence-corrected chi connectivity index (χ2v) is 10.9. The molecule has 28 heavy (non-hydrogen) atoms. The van der Waals surface area contributed by atoms with Crippen molar-refractivity contribution in [3.63, 3.8) is 0 Å². The van der Waals surface area contributed by atoms with E-state index >= 15 is 0 Å². The molecule has 0 unspecified atom stereocenters. The fourth-order valence-corrected chi connectivity index (χ4v) is 5.44. The molecule has 1 N–H and O–H groups in total. The van der Waals surface area contributed by atoms with Gasteiger partial charge in [-0.1, -0.05) is 89.9 Å². The Balaban J connectivity index is 3.21. The average molecular weight is 419 g/mol. The average Bonchev–Trinajstić information content (AvgIpc) is 2.70. The summed E-state index contributed by atoms with van der Waals surface area (Å²) >= 11 is 0. The lowest BCUT2D eigenvalue weighted by atomic mass is 10.0. The first kappa shape index (κ1) is 27.6. The van der Waals surface area contributed by atoms with Crippen molar-refractivity contribution in [2.24, 2.45) is 0 Å². The van der Waals surface area contributed by atoms with Gasteiger partial charge in [0.25, 0.3) is 0 Å². The van der Waals surface area contributed by atoms with E-state index in [1.54, 1.807) is 21.3 Å². The standard InChI is InChI=1S/C22H46O5Si/c1-25-28(26-2,27-3)21-19-17-15-13-11-9-7-5-4-6-8-10-12-14-16-18-20-22(23)24/h4-21H2,1-3H3,(H,23,24). The molecule has 0 aliphatic carbocycles. The van der Waals surface area contributed by atoms with Gasteiger partial charge in [0.2, 0.25) is 0 Å². The van der Waals surface area contributed by atoms with Crippen LogP contribution in [0, 0.1) is 0 Å². The molecule has 0 atom stereocenters. The zero-order valence-corrected chi connectivity index (χ0v) is 19.8. The van der Waals surface area contributed by atoms with E-state index in [1.807, 2.05) is 0 Å². The second kappa shape index (κ2) is 19.9. The number of rotatable bonds is 22. The molecular weight excluding hydrogens is 372 g/mol. The maximum absolute atomic E-state index is 10.4. The maximum atomic E-state index is 10.4. The summed E-state index contributed by atoms with van der Waals surface area (Å²) in [5.74, 6) is -0.663. The largest absolute Gasteiger partial charge is 0.500 e. The minimum absolute atomic E-state index is 0.331. The number of carboxylic acid groups (broad SMARTS) is 1. The summed E-state index contributed by atoms with van der Waals surface area (Å²) in [6, 6.07) is 0.916. The third kappa shape index (κ3) is 16.5. The van der Waals surface area contributed by atoms with Crippen LogP contribution in [0.4, 0.5) is 0 Å². The Hall–Kier alpha value is -0.433. The number of carbonyl (C=O) groups is 1. The van der Waals surface area contributed by atoms with Crippen LogP contribution in [-0.2, 0) is 18.1 Å². The smallest absolute Gasteiger partial charge is 0.481 e. The lowest BCUT2D eigenvalue weighted by Gasteiger charge is -2.24. The highest BCUT2D eigenvalue weighted by molar-refractivity contribution is 6.60. The van der Waals surface area contributed by atoms with Crippen molar-refractivity contribution in [2.45, 2.75) is 115 Å². The van der Waals surface area contributed by atoms with Crippen LogP contribution in [0.3, 0.4) is 0 Å². The van der Waals surface area contributed by atoms with E-state index in [0.29, 0.717) is 6.42 Å². The van der Waals surface area contributed by atoms with Crippen molar-refractivity contribution in [3.05, 3.63) is 0 Å². The molecule has 0 aliphatic heterocycles. The Morgan fingerprint density at radius 1 is 0.571 bits per heavy atom. The number of unbranched alkanes of at least 4 members (excludes halogenated alkanes) is 15. The van der Waals surface area contributed by atoms with Gasteiger partial charge >= 0.3 is 14.8 Å². The normalized spacial score (nSPS) is 11.8. The lowest BCUT2D eigenvalue weighted by molar-refractivity contribution is -0.137. The zero-order valence-electron chi connectivity index (χ0n) is 18.8. The van der Waals surface area contributed by atoms with E-state index in [4.69, 9.17) is 18.4 Å². The van der Waals surface area contributed by atoms with Gasteiger partial charge in [-0.2, -0.15) is 0 Å². The molecule has 0 aromatic heterocycles. The van der Waals surface area contributed by atoms with Gasteiger partial charge in [-0.15, -0.1) is 0 Å². The molecule has 0 aromatic carbocycles. The van der Waals surface area contributed by atoms with Crippen LogP contribution < -0.4 is 0 Å². The van der Waals surface area contributed by atoms with Crippen LogP contribution in [0.2, 0.25) is 6.04 Å². The Morgan fingerprint density at radius 3 is 1.14 bits per heavy atom. The van der Waals surface area contributed by atoms with Crippen molar-refractivity contribution < 1.29 is 23.2 Å². The molecule has 0 bridgehead atoms. The Bertz CT molecular complexity index is 340. The van der Waals surface area contributed by atoms with Crippen molar-refractivity contribution in [3.8, 4) is 0 Å². The Labute approximate surface area is 174 Å². The lowest BCUT2D eigenvalue weighted by Crippen LogP contribution is -2.42. The molecule has 0 saturated carbocycles. The molecule has 0 fully saturated rings. The molecular formula is C22H46O5Si. The highest BCUT2D eigenvalue weighted by Crippen LogP contribution is 2.19. The molecule has 6 heteroatoms. The van der Waals surface area contributed by atoms with Gasteiger partial charge in [0.1, 0.15) is 0 Å². The summed E-state index contributed by atoms with van der Waals surface area (Å²) in [6.07, 6.45) is 20.6. The van der Waals surface area contributed by atoms with Gasteiger partial charge in [0.15, 0.2) is 0 Å². The molecule has 0 radical (unpaired) electrons. The van der Waals surface area contributed by atoms with E-state index in [9.17, 15) is 4.79 Å². The van der Waals surface area contributed by atoms with Gasteiger partial charge in [-0.25, -0.2) is 0 Å². The molecule has 168 valence electrons. The van der Waals surface area contributed by atoms with Crippen LogP contribution in [0.5, 0.6) is 0 Å². The first-order valence-electron chi connectivity index (χ1n) is 11.5. The summed E-state index contributed by atoms with van der Waals surface area (Å²) in [7, 11) is 2.70. The number of carboxylic acids is 1. The minimum atomic E-state index is -2.35. The Kier molecular flexibility index (Phi) is 19.6. The van der Waals surface area contributed by atoms with E-state index in [1.165, 1.54) is 83.5 Å². The van der Waals surface area contributed by atoms with Gasteiger partial charge < -0.3 is 18.4 Å².